The van der Waals surface area contributed by atoms with E-state index in [2.05, 4.69) is 6.07 Å². The van der Waals surface area contributed by atoms with Crippen molar-refractivity contribution in [3.05, 3.63) is 57.8 Å². The van der Waals surface area contributed by atoms with Gasteiger partial charge in [-0.1, -0.05) is 24.3 Å². The molecule has 0 spiro atoms. The number of ether oxygens (including phenoxy) is 1. The van der Waals surface area contributed by atoms with Crippen LogP contribution in [0.1, 0.15) is 33.6 Å². The second-order valence-electron chi connectivity index (χ2n) is 5.92. The summed E-state index contributed by atoms with van der Waals surface area (Å²) in [4.78, 5) is 27.1. The van der Waals surface area contributed by atoms with Crippen LogP contribution in [0.25, 0.3) is 0 Å². The van der Waals surface area contributed by atoms with Crippen molar-refractivity contribution in [1.82, 2.24) is 4.90 Å². The molecular weight excluding hydrogens is 336 g/mol. The lowest BCUT2D eigenvalue weighted by Gasteiger charge is -2.30. The third-order valence-electron chi connectivity index (χ3n) is 4.36. The number of nitrogens with zero attached hydrogens (tertiary/aromatic N) is 2. The topological polar surface area (TPSA) is 70.4 Å². The summed E-state index contributed by atoms with van der Waals surface area (Å²) in [6.07, 6.45) is 1.21. The minimum absolute atomic E-state index is 0.0322. The van der Waals surface area contributed by atoms with Crippen LogP contribution in [0.4, 0.5) is 0 Å². The molecule has 1 aromatic carbocycles. The zero-order valence-corrected chi connectivity index (χ0v) is 14.5. The third kappa shape index (κ3) is 4.06. The minimum Gasteiger partial charge on any atom is -0.461 e. The molecule has 0 radical (unpaired) electrons. The summed E-state index contributed by atoms with van der Waals surface area (Å²) in [5.74, 6) is -0.414. The molecule has 0 bridgehead atoms. The monoisotopic (exact) mass is 354 g/mol. The van der Waals surface area contributed by atoms with E-state index in [-0.39, 0.29) is 24.4 Å². The Morgan fingerprint density at radius 3 is 2.64 bits per heavy atom. The predicted octanol–water partition coefficient (Wildman–Crippen LogP) is 3.22. The smallest absolute Gasteiger partial charge is 0.309 e. The van der Waals surface area contributed by atoms with Crippen molar-refractivity contribution in [2.45, 2.75) is 19.4 Å². The first kappa shape index (κ1) is 17.2. The number of amides is 1. The number of likely N-dealkylation sites (tertiary alicyclic amines) is 1. The molecule has 6 heteroatoms. The second kappa shape index (κ2) is 7.95. The van der Waals surface area contributed by atoms with Crippen molar-refractivity contribution in [2.24, 2.45) is 5.92 Å². The fourth-order valence-electron chi connectivity index (χ4n) is 2.90. The second-order valence-corrected chi connectivity index (χ2v) is 6.87. The molecule has 128 valence electrons. The summed E-state index contributed by atoms with van der Waals surface area (Å²) < 4.78 is 5.39. The first-order valence-electron chi connectivity index (χ1n) is 8.16. The van der Waals surface area contributed by atoms with Gasteiger partial charge in [-0.3, -0.25) is 9.59 Å². The van der Waals surface area contributed by atoms with Crippen molar-refractivity contribution >= 4 is 23.2 Å². The summed E-state index contributed by atoms with van der Waals surface area (Å²) in [6, 6.07) is 12.9. The van der Waals surface area contributed by atoms with Crippen molar-refractivity contribution in [2.75, 3.05) is 13.1 Å². The van der Waals surface area contributed by atoms with E-state index in [4.69, 9.17) is 10.00 Å². The number of rotatable bonds is 4. The summed E-state index contributed by atoms with van der Waals surface area (Å²) in [5, 5.41) is 11.0. The molecule has 25 heavy (non-hydrogen) atoms. The molecule has 1 aliphatic rings. The number of piperidine rings is 1. The van der Waals surface area contributed by atoms with Gasteiger partial charge in [0.25, 0.3) is 5.91 Å². The number of esters is 1. The average Bonchev–Trinajstić information content (AvgIpc) is 3.20. The number of carbonyl (C=O) groups is 2. The molecule has 2 aromatic rings. The van der Waals surface area contributed by atoms with Gasteiger partial charge in [0.05, 0.1) is 22.4 Å². The highest BCUT2D eigenvalue weighted by Crippen LogP contribution is 2.22. The summed E-state index contributed by atoms with van der Waals surface area (Å²) in [6.45, 7) is 1.23. The molecule has 1 fully saturated rings. The Bertz CT molecular complexity index is 787. The number of thiophene rings is 1. The molecule has 0 aliphatic carbocycles. The van der Waals surface area contributed by atoms with Gasteiger partial charge in [0.1, 0.15) is 6.61 Å². The number of benzene rings is 1. The van der Waals surface area contributed by atoms with Crippen LogP contribution >= 0.6 is 11.3 Å². The van der Waals surface area contributed by atoms with E-state index in [1.54, 1.807) is 23.1 Å². The average molecular weight is 354 g/mol. The molecule has 0 unspecified atom stereocenters. The number of carbonyl (C=O) groups excluding carboxylic acids is 2. The van der Waals surface area contributed by atoms with Crippen LogP contribution in [-0.2, 0) is 16.1 Å². The molecular formula is C19H18N2O3S. The summed E-state index contributed by atoms with van der Waals surface area (Å²) >= 11 is 1.43. The molecule has 1 aliphatic heterocycles. The standard InChI is InChI=1S/C19H18N2O3S/c20-12-15-4-1-2-5-16(15)13-24-19(23)14-7-9-21(10-8-14)18(22)17-6-3-11-25-17/h1-6,11,14H,7-10,13H2. The molecule has 3 rings (SSSR count). The van der Waals surface area contributed by atoms with Crippen LogP contribution in [0.2, 0.25) is 0 Å². The van der Waals surface area contributed by atoms with E-state index < -0.39 is 0 Å². The Morgan fingerprint density at radius 1 is 1.20 bits per heavy atom. The lowest BCUT2D eigenvalue weighted by Crippen LogP contribution is -2.40. The fourth-order valence-corrected chi connectivity index (χ4v) is 3.59. The molecule has 1 aromatic heterocycles. The minimum atomic E-state index is -0.254. The maximum atomic E-state index is 12.3. The highest BCUT2D eigenvalue weighted by molar-refractivity contribution is 7.12. The molecule has 5 nitrogen and oxygen atoms in total. The van der Waals surface area contributed by atoms with Crippen molar-refractivity contribution in [1.29, 1.82) is 5.26 Å². The van der Waals surface area contributed by atoms with E-state index in [1.807, 2.05) is 23.6 Å². The Morgan fingerprint density at radius 2 is 1.96 bits per heavy atom. The largest absolute Gasteiger partial charge is 0.461 e. The van der Waals surface area contributed by atoms with Crippen LogP contribution in [0.5, 0.6) is 0 Å². The normalized spacial score (nSPS) is 14.8. The van der Waals surface area contributed by atoms with Crippen LogP contribution < -0.4 is 0 Å². The van der Waals surface area contributed by atoms with Gasteiger partial charge in [-0.25, -0.2) is 0 Å². The van der Waals surface area contributed by atoms with Crippen molar-refractivity contribution < 1.29 is 14.3 Å². The van der Waals surface area contributed by atoms with Crippen molar-refractivity contribution in [3.63, 3.8) is 0 Å². The van der Waals surface area contributed by atoms with Crippen LogP contribution in [0, 0.1) is 17.2 Å². The number of hydrogen-bond acceptors (Lipinski definition) is 5. The number of nitriles is 1. The van der Waals surface area contributed by atoms with Crippen molar-refractivity contribution in [3.8, 4) is 6.07 Å². The van der Waals surface area contributed by atoms with Crippen LogP contribution in [0.15, 0.2) is 41.8 Å². The molecule has 0 N–H and O–H groups in total. The van der Waals surface area contributed by atoms with Crippen LogP contribution in [-0.4, -0.2) is 29.9 Å². The van der Waals surface area contributed by atoms with Gasteiger partial charge in [0.15, 0.2) is 0 Å². The fraction of sp³-hybridized carbons (Fsp3) is 0.316. The van der Waals surface area contributed by atoms with E-state index >= 15 is 0 Å². The highest BCUT2D eigenvalue weighted by Gasteiger charge is 2.29. The predicted molar refractivity (Wildman–Crippen MR) is 93.9 cm³/mol. The summed E-state index contributed by atoms with van der Waals surface area (Å²) in [7, 11) is 0. The van der Waals surface area contributed by atoms with E-state index in [0.29, 0.717) is 37.1 Å². The first-order chi connectivity index (χ1) is 12.2. The Labute approximate surface area is 150 Å². The zero-order chi connectivity index (χ0) is 17.6. The highest BCUT2D eigenvalue weighted by atomic mass is 32.1. The van der Waals surface area contributed by atoms with Gasteiger partial charge >= 0.3 is 5.97 Å². The van der Waals surface area contributed by atoms with Gasteiger partial charge in [0, 0.05) is 18.7 Å². The van der Waals surface area contributed by atoms with Gasteiger partial charge in [0.2, 0.25) is 0 Å². The summed E-state index contributed by atoms with van der Waals surface area (Å²) in [5.41, 5.74) is 1.23. The lowest BCUT2D eigenvalue weighted by molar-refractivity contribution is -0.151. The van der Waals surface area contributed by atoms with Gasteiger partial charge in [-0.2, -0.15) is 5.26 Å². The molecule has 2 heterocycles. The lowest BCUT2D eigenvalue weighted by atomic mass is 9.97. The molecule has 0 saturated carbocycles. The zero-order valence-electron chi connectivity index (χ0n) is 13.7. The first-order valence-corrected chi connectivity index (χ1v) is 9.04. The van der Waals surface area contributed by atoms with Gasteiger partial charge < -0.3 is 9.64 Å². The Kier molecular flexibility index (Phi) is 5.46. The third-order valence-corrected chi connectivity index (χ3v) is 5.21. The number of hydrogen-bond donors (Lipinski definition) is 0. The Balaban J connectivity index is 1.50. The van der Waals surface area contributed by atoms with Crippen LogP contribution in [0.3, 0.4) is 0 Å². The van der Waals surface area contributed by atoms with E-state index in [9.17, 15) is 9.59 Å². The van der Waals surface area contributed by atoms with E-state index in [0.717, 1.165) is 4.88 Å². The SMILES string of the molecule is N#Cc1ccccc1COC(=O)C1CCN(C(=O)c2cccs2)CC1. The van der Waals surface area contributed by atoms with Gasteiger partial charge in [-0.15, -0.1) is 11.3 Å². The maximum absolute atomic E-state index is 12.3. The Hall–Kier alpha value is -2.65. The molecule has 0 atom stereocenters. The maximum Gasteiger partial charge on any atom is 0.309 e. The molecule has 1 amide bonds. The quantitative estimate of drug-likeness (QED) is 0.791. The van der Waals surface area contributed by atoms with E-state index in [1.165, 1.54) is 11.3 Å². The van der Waals surface area contributed by atoms with Gasteiger partial charge in [-0.05, 0) is 30.4 Å². The molecule has 1 saturated heterocycles.